The first-order valence-corrected chi connectivity index (χ1v) is 10.1. The van der Waals surface area contributed by atoms with Crippen LogP contribution in [0.5, 0.6) is 0 Å². The van der Waals surface area contributed by atoms with Crippen LogP contribution in [-0.4, -0.2) is 65.4 Å². The van der Waals surface area contributed by atoms with E-state index in [0.29, 0.717) is 4.57 Å². The molecule has 2 aromatic heterocycles. The highest BCUT2D eigenvalue weighted by molar-refractivity contribution is 5.98. The van der Waals surface area contributed by atoms with Crippen molar-refractivity contribution in [3.05, 3.63) is 46.3 Å². The van der Waals surface area contributed by atoms with Gasteiger partial charge in [-0.3, -0.25) is 19.1 Å². The first-order chi connectivity index (χ1) is 15.2. The molecule has 1 fully saturated rings. The predicted molar refractivity (Wildman–Crippen MR) is 107 cm³/mol. The second-order valence-electron chi connectivity index (χ2n) is 7.77. The zero-order valence-corrected chi connectivity index (χ0v) is 17.2. The molecule has 0 spiro atoms. The van der Waals surface area contributed by atoms with Crippen LogP contribution in [0.2, 0.25) is 0 Å². The fourth-order valence-electron chi connectivity index (χ4n) is 3.99. The van der Waals surface area contributed by atoms with Gasteiger partial charge in [-0.2, -0.15) is 22.5 Å². The molecule has 0 amide bonds. The molecule has 4 heterocycles. The highest BCUT2D eigenvalue weighted by atomic mass is 19.4. The van der Waals surface area contributed by atoms with Gasteiger partial charge in [0.1, 0.15) is 6.04 Å². The summed E-state index contributed by atoms with van der Waals surface area (Å²) in [5, 5.41) is 0. The molecule has 0 radical (unpaired) electrons. The number of hydrogen-bond acceptors (Lipinski definition) is 7. The molecule has 0 saturated carbocycles. The van der Waals surface area contributed by atoms with E-state index in [4.69, 9.17) is 4.74 Å². The van der Waals surface area contributed by atoms with Gasteiger partial charge in [0.15, 0.2) is 11.6 Å². The molecule has 0 aromatic carbocycles. The molecule has 2 aromatic rings. The van der Waals surface area contributed by atoms with Crippen LogP contribution >= 0.6 is 0 Å². The summed E-state index contributed by atoms with van der Waals surface area (Å²) in [5.74, 6) is -2.47. The van der Waals surface area contributed by atoms with Crippen molar-refractivity contribution in [2.75, 3.05) is 42.6 Å². The van der Waals surface area contributed by atoms with Crippen LogP contribution in [0.25, 0.3) is 0 Å². The predicted octanol–water partition coefficient (Wildman–Crippen LogP) is 2.20. The zero-order valence-electron chi connectivity index (χ0n) is 17.2. The molecule has 172 valence electrons. The molecule has 1 saturated heterocycles. The fraction of sp³-hybridized carbons (Fsp3) is 0.500. The van der Waals surface area contributed by atoms with E-state index in [-0.39, 0.29) is 56.2 Å². The number of hydrogen-bond donors (Lipinski definition) is 0. The maximum atomic E-state index is 15.0. The number of fused-ring (bicyclic) bond motifs is 1. The lowest BCUT2D eigenvalue weighted by atomic mass is 10.1. The van der Waals surface area contributed by atoms with Crippen molar-refractivity contribution in [3.8, 4) is 0 Å². The molecule has 32 heavy (non-hydrogen) atoms. The SMILES string of the molecule is CC1COCCN1c1nc2n(c(=O)c1F)C(C(F)(F)F)CCN2CC(=O)c1cccnc1. The molecule has 0 N–H and O–H groups in total. The number of nitrogens with zero attached hydrogens (tertiary/aromatic N) is 5. The number of carbonyl (C=O) groups is 1. The average molecular weight is 455 g/mol. The number of rotatable bonds is 4. The van der Waals surface area contributed by atoms with Gasteiger partial charge in [-0.05, 0) is 25.5 Å². The Balaban J connectivity index is 1.80. The van der Waals surface area contributed by atoms with E-state index in [1.54, 1.807) is 13.0 Å². The summed E-state index contributed by atoms with van der Waals surface area (Å²) in [6.07, 6.45) is -2.46. The van der Waals surface area contributed by atoms with E-state index in [9.17, 15) is 22.8 Å². The van der Waals surface area contributed by atoms with Gasteiger partial charge in [0.05, 0.1) is 25.8 Å². The van der Waals surface area contributed by atoms with Crippen molar-refractivity contribution in [3.63, 3.8) is 0 Å². The Morgan fingerprint density at radius 1 is 1.31 bits per heavy atom. The summed E-state index contributed by atoms with van der Waals surface area (Å²) in [7, 11) is 0. The molecular weight excluding hydrogens is 434 g/mol. The van der Waals surface area contributed by atoms with E-state index in [1.807, 2.05) is 0 Å². The molecular formula is C20H21F4N5O3. The number of morpholine rings is 1. The number of halogens is 4. The maximum Gasteiger partial charge on any atom is 0.409 e. The van der Waals surface area contributed by atoms with Crippen molar-refractivity contribution in [2.45, 2.75) is 31.6 Å². The third kappa shape index (κ3) is 4.06. The normalized spacial score (nSPS) is 21.4. The Morgan fingerprint density at radius 2 is 2.09 bits per heavy atom. The van der Waals surface area contributed by atoms with E-state index in [0.717, 1.165) is 0 Å². The Morgan fingerprint density at radius 3 is 2.75 bits per heavy atom. The summed E-state index contributed by atoms with van der Waals surface area (Å²) in [5.41, 5.74) is -1.15. The zero-order chi connectivity index (χ0) is 23.0. The van der Waals surface area contributed by atoms with Crippen LogP contribution in [0, 0.1) is 5.82 Å². The second kappa shape index (κ2) is 8.49. The molecule has 2 atom stereocenters. The molecule has 0 aliphatic carbocycles. The van der Waals surface area contributed by atoms with Crippen molar-refractivity contribution in [1.82, 2.24) is 14.5 Å². The number of ketones is 1. The Labute approximate surface area is 180 Å². The third-order valence-electron chi connectivity index (χ3n) is 5.63. The van der Waals surface area contributed by atoms with Gasteiger partial charge in [0.2, 0.25) is 11.8 Å². The van der Waals surface area contributed by atoms with Gasteiger partial charge < -0.3 is 14.5 Å². The lowest BCUT2D eigenvalue weighted by Gasteiger charge is -2.38. The standard InChI is InChI=1S/C20H21F4N5O3/c1-12-11-32-8-7-28(12)17-16(21)18(31)29-15(20(22,23)24)4-6-27(19(29)26-17)10-14(30)13-3-2-5-25-9-13/h2-3,5,9,12,15H,4,6-8,10-11H2,1H3. The molecule has 0 bridgehead atoms. The third-order valence-corrected chi connectivity index (χ3v) is 5.63. The molecule has 8 nitrogen and oxygen atoms in total. The maximum absolute atomic E-state index is 15.0. The van der Waals surface area contributed by atoms with Crippen LogP contribution in [0.15, 0.2) is 29.3 Å². The Bertz CT molecular complexity index is 1060. The van der Waals surface area contributed by atoms with Gasteiger partial charge in [-0.15, -0.1) is 0 Å². The fourth-order valence-corrected chi connectivity index (χ4v) is 3.99. The van der Waals surface area contributed by atoms with Gasteiger partial charge in [0.25, 0.3) is 5.56 Å². The molecule has 2 unspecified atom stereocenters. The van der Waals surface area contributed by atoms with Crippen molar-refractivity contribution in [2.24, 2.45) is 0 Å². The lowest BCUT2D eigenvalue weighted by molar-refractivity contribution is -0.171. The van der Waals surface area contributed by atoms with E-state index < -0.39 is 35.8 Å². The first-order valence-electron chi connectivity index (χ1n) is 10.1. The van der Waals surface area contributed by atoms with Crippen LogP contribution < -0.4 is 15.4 Å². The van der Waals surface area contributed by atoms with Gasteiger partial charge >= 0.3 is 6.18 Å². The highest BCUT2D eigenvalue weighted by Crippen LogP contribution is 2.38. The van der Waals surface area contributed by atoms with Crippen molar-refractivity contribution >= 4 is 17.5 Å². The summed E-state index contributed by atoms with van der Waals surface area (Å²) >= 11 is 0. The molecule has 4 rings (SSSR count). The minimum atomic E-state index is -4.78. The summed E-state index contributed by atoms with van der Waals surface area (Å²) in [4.78, 5) is 36.3. The molecule has 2 aliphatic rings. The summed E-state index contributed by atoms with van der Waals surface area (Å²) in [6.45, 7) is 1.98. The topological polar surface area (TPSA) is 80.6 Å². The van der Waals surface area contributed by atoms with E-state index in [2.05, 4.69) is 9.97 Å². The number of anilines is 2. The van der Waals surface area contributed by atoms with E-state index in [1.165, 1.54) is 28.3 Å². The quantitative estimate of drug-likeness (QED) is 0.517. The van der Waals surface area contributed by atoms with Gasteiger partial charge in [0, 0.05) is 31.0 Å². The van der Waals surface area contributed by atoms with Gasteiger partial charge in [-0.25, -0.2) is 0 Å². The number of Topliss-reactive ketones (excluding diaryl/α,β-unsaturated/α-hetero) is 1. The number of pyridine rings is 1. The minimum absolute atomic E-state index is 0.174. The lowest BCUT2D eigenvalue weighted by Crippen LogP contribution is -2.50. The second-order valence-corrected chi connectivity index (χ2v) is 7.77. The number of ether oxygens (including phenoxy) is 1. The largest absolute Gasteiger partial charge is 0.409 e. The Kier molecular flexibility index (Phi) is 5.89. The van der Waals surface area contributed by atoms with Crippen molar-refractivity contribution in [1.29, 1.82) is 0 Å². The minimum Gasteiger partial charge on any atom is -0.377 e. The van der Waals surface area contributed by atoms with E-state index >= 15 is 4.39 Å². The van der Waals surface area contributed by atoms with Crippen LogP contribution in [0.1, 0.15) is 29.7 Å². The number of aromatic nitrogens is 3. The molecule has 2 aliphatic heterocycles. The number of carbonyl (C=O) groups excluding carboxylic acids is 1. The van der Waals surface area contributed by atoms with Crippen molar-refractivity contribution < 1.29 is 27.1 Å². The van der Waals surface area contributed by atoms with Gasteiger partial charge in [-0.1, -0.05) is 0 Å². The number of alkyl halides is 3. The van der Waals surface area contributed by atoms with Crippen LogP contribution in [-0.2, 0) is 4.74 Å². The smallest absolute Gasteiger partial charge is 0.377 e. The van der Waals surface area contributed by atoms with Crippen LogP contribution in [0.4, 0.5) is 29.3 Å². The average Bonchev–Trinajstić information content (AvgIpc) is 2.76. The summed E-state index contributed by atoms with van der Waals surface area (Å²) < 4.78 is 61.7. The summed E-state index contributed by atoms with van der Waals surface area (Å²) in [6, 6.07) is 0.533. The first kappa shape index (κ1) is 22.2. The molecule has 12 heteroatoms. The van der Waals surface area contributed by atoms with Crippen LogP contribution in [0.3, 0.4) is 0 Å². The highest BCUT2D eigenvalue weighted by Gasteiger charge is 2.47. The monoisotopic (exact) mass is 455 g/mol. The Hall–Kier alpha value is -3.02.